The number of thiophene rings is 1. The summed E-state index contributed by atoms with van der Waals surface area (Å²) >= 11 is 1.91. The van der Waals surface area contributed by atoms with Crippen LogP contribution < -0.4 is 5.32 Å². The third-order valence-corrected chi connectivity index (χ3v) is 5.22. The first-order valence-corrected chi connectivity index (χ1v) is 8.34. The van der Waals surface area contributed by atoms with Crippen molar-refractivity contribution >= 4 is 11.3 Å². The molecular weight excluding hydrogens is 264 g/mol. The van der Waals surface area contributed by atoms with E-state index < -0.39 is 0 Å². The molecule has 2 unspecified atom stereocenters. The van der Waals surface area contributed by atoms with Crippen LogP contribution in [-0.2, 0) is 6.42 Å². The molecule has 1 aliphatic rings. The molecule has 0 fully saturated rings. The van der Waals surface area contributed by atoms with E-state index in [1.807, 2.05) is 17.5 Å². The Morgan fingerprint density at radius 2 is 2.30 bits per heavy atom. The number of hydrogen-bond acceptors (Lipinski definition) is 3. The fraction of sp³-hybridized carbons (Fsp3) is 0.471. The van der Waals surface area contributed by atoms with Gasteiger partial charge in [0, 0.05) is 33.6 Å². The van der Waals surface area contributed by atoms with Crippen LogP contribution in [0, 0.1) is 6.92 Å². The second kappa shape index (κ2) is 6.06. The lowest BCUT2D eigenvalue weighted by molar-refractivity contribution is 0.405. The van der Waals surface area contributed by atoms with E-state index in [9.17, 15) is 0 Å². The van der Waals surface area contributed by atoms with Crippen molar-refractivity contribution in [2.75, 3.05) is 6.54 Å². The van der Waals surface area contributed by atoms with Gasteiger partial charge >= 0.3 is 0 Å². The maximum atomic E-state index is 4.70. The number of likely N-dealkylation sites (N-methyl/N-ethyl adjacent to an activating group) is 1. The van der Waals surface area contributed by atoms with Crippen molar-refractivity contribution in [2.45, 2.75) is 45.1 Å². The van der Waals surface area contributed by atoms with Gasteiger partial charge in [0.25, 0.3) is 0 Å². The van der Waals surface area contributed by atoms with Crippen molar-refractivity contribution in [1.29, 1.82) is 0 Å². The molecule has 0 amide bonds. The van der Waals surface area contributed by atoms with Gasteiger partial charge < -0.3 is 5.32 Å². The Morgan fingerprint density at radius 1 is 1.40 bits per heavy atom. The van der Waals surface area contributed by atoms with Gasteiger partial charge in [-0.05, 0) is 56.5 Å². The van der Waals surface area contributed by atoms with Crippen LogP contribution in [0.15, 0.2) is 30.5 Å². The third-order valence-electron chi connectivity index (χ3n) is 4.13. The number of nitrogens with zero attached hydrogens (tertiary/aromatic N) is 1. The second-order valence-electron chi connectivity index (χ2n) is 5.53. The average molecular weight is 286 g/mol. The minimum atomic E-state index is 0.410. The molecular formula is C17H22N2S. The van der Waals surface area contributed by atoms with Crippen LogP contribution in [0.1, 0.15) is 52.7 Å². The van der Waals surface area contributed by atoms with Crippen LogP contribution >= 0.6 is 11.3 Å². The molecule has 2 aromatic rings. The Balaban J connectivity index is 1.96. The molecule has 2 aromatic heterocycles. The maximum absolute atomic E-state index is 4.70. The molecule has 1 N–H and O–H groups in total. The number of nitrogens with one attached hydrogen (secondary N) is 1. The van der Waals surface area contributed by atoms with E-state index in [0.717, 1.165) is 6.54 Å². The minimum absolute atomic E-state index is 0.410. The highest BCUT2D eigenvalue weighted by Gasteiger charge is 2.30. The molecule has 3 heteroatoms. The van der Waals surface area contributed by atoms with Gasteiger partial charge in [0.1, 0.15) is 0 Å². The van der Waals surface area contributed by atoms with Crippen LogP contribution in [0.25, 0.3) is 0 Å². The molecule has 2 atom stereocenters. The lowest BCUT2D eigenvalue weighted by Gasteiger charge is -2.31. The number of aromatic nitrogens is 1. The van der Waals surface area contributed by atoms with E-state index in [0.29, 0.717) is 12.0 Å². The van der Waals surface area contributed by atoms with Crippen LogP contribution in [0.5, 0.6) is 0 Å². The summed E-state index contributed by atoms with van der Waals surface area (Å²) in [6.07, 6.45) is 5.63. The number of fused-ring (bicyclic) bond motifs is 1. The van der Waals surface area contributed by atoms with Crippen molar-refractivity contribution < 1.29 is 0 Å². The monoisotopic (exact) mass is 286 g/mol. The van der Waals surface area contributed by atoms with E-state index in [1.54, 1.807) is 0 Å². The Kier molecular flexibility index (Phi) is 4.18. The molecule has 0 aromatic carbocycles. The first-order valence-electron chi connectivity index (χ1n) is 7.53. The first kappa shape index (κ1) is 13.8. The summed E-state index contributed by atoms with van der Waals surface area (Å²) in [5, 5.41) is 3.69. The average Bonchev–Trinajstić information content (AvgIpc) is 2.91. The zero-order valence-corrected chi connectivity index (χ0v) is 13.0. The molecule has 3 rings (SSSR count). The topological polar surface area (TPSA) is 24.9 Å². The van der Waals surface area contributed by atoms with E-state index in [1.165, 1.54) is 40.3 Å². The number of rotatable bonds is 4. The van der Waals surface area contributed by atoms with Gasteiger partial charge in [-0.3, -0.25) is 4.98 Å². The van der Waals surface area contributed by atoms with E-state index in [-0.39, 0.29) is 0 Å². The number of aryl methyl sites for hydroxylation is 2. The number of hydrogen-bond donors (Lipinski definition) is 1. The fourth-order valence-corrected chi connectivity index (χ4v) is 4.27. The van der Waals surface area contributed by atoms with E-state index in [4.69, 9.17) is 4.98 Å². The SMILES string of the molecule is CCNC(c1ccc(C)s1)C1CCCc2cccnc21. The van der Waals surface area contributed by atoms with Gasteiger partial charge in [0.05, 0.1) is 0 Å². The van der Waals surface area contributed by atoms with Gasteiger partial charge in [-0.2, -0.15) is 0 Å². The van der Waals surface area contributed by atoms with Crippen molar-refractivity contribution in [1.82, 2.24) is 10.3 Å². The van der Waals surface area contributed by atoms with E-state index in [2.05, 4.69) is 43.4 Å². The fourth-order valence-electron chi connectivity index (χ4n) is 3.25. The zero-order valence-electron chi connectivity index (χ0n) is 12.2. The van der Waals surface area contributed by atoms with Crippen LogP contribution in [0.2, 0.25) is 0 Å². The summed E-state index contributed by atoms with van der Waals surface area (Å²) in [4.78, 5) is 7.54. The lowest BCUT2D eigenvalue weighted by atomic mass is 9.81. The smallest absolute Gasteiger partial charge is 0.0499 e. The maximum Gasteiger partial charge on any atom is 0.0499 e. The Labute approximate surface area is 125 Å². The second-order valence-corrected chi connectivity index (χ2v) is 6.85. The summed E-state index contributed by atoms with van der Waals surface area (Å²) in [6.45, 7) is 5.38. The van der Waals surface area contributed by atoms with Crippen LogP contribution in [0.3, 0.4) is 0 Å². The predicted molar refractivity (Wildman–Crippen MR) is 85.4 cm³/mol. The molecule has 0 bridgehead atoms. The minimum Gasteiger partial charge on any atom is -0.309 e. The van der Waals surface area contributed by atoms with Gasteiger partial charge in [-0.1, -0.05) is 13.0 Å². The highest BCUT2D eigenvalue weighted by atomic mass is 32.1. The van der Waals surface area contributed by atoms with Crippen LogP contribution in [0.4, 0.5) is 0 Å². The summed E-state index contributed by atoms with van der Waals surface area (Å²) < 4.78 is 0. The molecule has 0 radical (unpaired) electrons. The Hall–Kier alpha value is -1.19. The largest absolute Gasteiger partial charge is 0.309 e. The summed E-state index contributed by atoms with van der Waals surface area (Å²) in [7, 11) is 0. The molecule has 1 aliphatic carbocycles. The molecule has 0 saturated heterocycles. The van der Waals surface area contributed by atoms with Gasteiger partial charge in [-0.15, -0.1) is 11.3 Å². The van der Waals surface area contributed by atoms with Crippen LogP contribution in [-0.4, -0.2) is 11.5 Å². The van der Waals surface area contributed by atoms with Gasteiger partial charge in [-0.25, -0.2) is 0 Å². The summed E-state index contributed by atoms with van der Waals surface area (Å²) in [5.41, 5.74) is 2.76. The van der Waals surface area contributed by atoms with Crippen molar-refractivity contribution in [2.24, 2.45) is 0 Å². The quantitative estimate of drug-likeness (QED) is 0.910. The standard InChI is InChI=1S/C17H22N2S/c1-3-18-17(15-10-9-12(2)20-15)14-8-4-6-13-7-5-11-19-16(13)14/h5,7,9-11,14,17-18H,3-4,6,8H2,1-2H3. The molecule has 0 spiro atoms. The van der Waals surface area contributed by atoms with Crippen molar-refractivity contribution in [3.63, 3.8) is 0 Å². The molecule has 2 nitrogen and oxygen atoms in total. The third kappa shape index (κ3) is 2.65. The zero-order chi connectivity index (χ0) is 13.9. The number of pyridine rings is 1. The highest BCUT2D eigenvalue weighted by Crippen LogP contribution is 2.40. The lowest BCUT2D eigenvalue weighted by Crippen LogP contribution is -2.29. The molecule has 2 heterocycles. The Morgan fingerprint density at radius 3 is 3.05 bits per heavy atom. The van der Waals surface area contributed by atoms with Gasteiger partial charge in [0.2, 0.25) is 0 Å². The van der Waals surface area contributed by atoms with Crippen molar-refractivity contribution in [3.05, 3.63) is 51.5 Å². The summed E-state index contributed by atoms with van der Waals surface area (Å²) in [5.74, 6) is 0.512. The summed E-state index contributed by atoms with van der Waals surface area (Å²) in [6, 6.07) is 9.24. The predicted octanol–water partition coefficient (Wildman–Crippen LogP) is 4.22. The highest BCUT2D eigenvalue weighted by molar-refractivity contribution is 7.12. The van der Waals surface area contributed by atoms with E-state index >= 15 is 0 Å². The normalized spacial score (nSPS) is 19.6. The first-order chi connectivity index (χ1) is 9.79. The Bertz CT molecular complexity index is 576. The molecule has 0 aliphatic heterocycles. The van der Waals surface area contributed by atoms with Crippen molar-refractivity contribution in [3.8, 4) is 0 Å². The molecule has 0 saturated carbocycles. The molecule has 20 heavy (non-hydrogen) atoms. The molecule has 106 valence electrons. The van der Waals surface area contributed by atoms with Gasteiger partial charge in [0.15, 0.2) is 0 Å².